The van der Waals surface area contributed by atoms with Crippen molar-refractivity contribution in [3.05, 3.63) is 92.8 Å². The summed E-state index contributed by atoms with van der Waals surface area (Å²) in [6, 6.07) is 17.1. The Kier molecular flexibility index (Phi) is 5.79. The van der Waals surface area contributed by atoms with E-state index in [1.54, 1.807) is 30.3 Å². The fraction of sp³-hybridized carbons (Fsp3) is 0.130. The highest BCUT2D eigenvalue weighted by molar-refractivity contribution is 5.91. The van der Waals surface area contributed by atoms with Gasteiger partial charge in [-0.05, 0) is 73.5 Å². The second-order valence-corrected chi connectivity index (χ2v) is 6.67. The van der Waals surface area contributed by atoms with Crippen LogP contribution >= 0.6 is 0 Å². The van der Waals surface area contributed by atoms with Crippen molar-refractivity contribution in [3.8, 4) is 11.8 Å². The molecule has 0 aliphatic rings. The van der Waals surface area contributed by atoms with Crippen molar-refractivity contribution >= 4 is 23.3 Å². The Morgan fingerprint density at radius 2 is 1.70 bits per heavy atom. The number of nitriles is 1. The lowest BCUT2D eigenvalue weighted by Crippen LogP contribution is -2.03. The SMILES string of the molecule is COC(=O)c1ccc(-n2c(C)cc(/C=C(/C#N)c3ccc([N+](=O)[O-])cc3)c2C)cc1. The van der Waals surface area contributed by atoms with E-state index in [4.69, 9.17) is 4.74 Å². The van der Waals surface area contributed by atoms with Crippen LogP contribution in [0.25, 0.3) is 17.3 Å². The molecule has 1 heterocycles. The molecular weight excluding hydrogens is 382 g/mol. The highest BCUT2D eigenvalue weighted by Gasteiger charge is 2.13. The summed E-state index contributed by atoms with van der Waals surface area (Å²) in [4.78, 5) is 22.0. The molecule has 0 saturated carbocycles. The van der Waals surface area contributed by atoms with Crippen LogP contribution in [0.15, 0.2) is 54.6 Å². The van der Waals surface area contributed by atoms with Crippen LogP contribution in [0.1, 0.15) is 32.9 Å². The number of carbonyl (C=O) groups is 1. The summed E-state index contributed by atoms with van der Waals surface area (Å²) < 4.78 is 6.76. The van der Waals surface area contributed by atoms with Gasteiger partial charge in [0.2, 0.25) is 0 Å². The first-order valence-electron chi connectivity index (χ1n) is 9.10. The Morgan fingerprint density at radius 3 is 2.23 bits per heavy atom. The van der Waals surface area contributed by atoms with Crippen LogP contribution in [0.3, 0.4) is 0 Å². The third kappa shape index (κ3) is 3.98. The molecule has 7 heteroatoms. The largest absolute Gasteiger partial charge is 0.465 e. The number of aromatic nitrogens is 1. The van der Waals surface area contributed by atoms with Crippen molar-refractivity contribution in [2.24, 2.45) is 0 Å². The normalized spacial score (nSPS) is 11.1. The first-order valence-corrected chi connectivity index (χ1v) is 9.10. The van der Waals surface area contributed by atoms with Gasteiger partial charge in [-0.25, -0.2) is 4.79 Å². The van der Waals surface area contributed by atoms with Crippen molar-refractivity contribution in [3.63, 3.8) is 0 Å². The number of nitro benzene ring substituents is 1. The van der Waals surface area contributed by atoms with E-state index >= 15 is 0 Å². The zero-order valence-electron chi connectivity index (χ0n) is 16.7. The van der Waals surface area contributed by atoms with E-state index in [-0.39, 0.29) is 5.69 Å². The number of rotatable bonds is 5. The van der Waals surface area contributed by atoms with Gasteiger partial charge >= 0.3 is 5.97 Å². The second-order valence-electron chi connectivity index (χ2n) is 6.67. The standard InChI is InChI=1S/C23H19N3O4/c1-15-12-19(13-20(14-24)17-4-10-22(11-5-17)26(28)29)16(2)25(15)21-8-6-18(7-9-21)23(27)30-3/h4-13H,1-3H3/b20-13-. The molecule has 0 amide bonds. The van der Waals surface area contributed by atoms with Crippen molar-refractivity contribution in [1.82, 2.24) is 4.57 Å². The lowest BCUT2D eigenvalue weighted by molar-refractivity contribution is -0.384. The van der Waals surface area contributed by atoms with E-state index in [0.29, 0.717) is 16.7 Å². The van der Waals surface area contributed by atoms with Crippen LogP contribution in [-0.4, -0.2) is 22.6 Å². The van der Waals surface area contributed by atoms with Crippen LogP contribution in [0.4, 0.5) is 5.69 Å². The summed E-state index contributed by atoms with van der Waals surface area (Å²) >= 11 is 0. The number of methoxy groups -OCH3 is 1. The molecular formula is C23H19N3O4. The predicted molar refractivity (Wildman–Crippen MR) is 113 cm³/mol. The van der Waals surface area contributed by atoms with E-state index in [9.17, 15) is 20.2 Å². The van der Waals surface area contributed by atoms with Crippen LogP contribution in [0, 0.1) is 35.3 Å². The average molecular weight is 401 g/mol. The zero-order valence-corrected chi connectivity index (χ0v) is 16.7. The molecule has 0 aliphatic heterocycles. The predicted octanol–water partition coefficient (Wildman–Crippen LogP) is 4.85. The monoisotopic (exact) mass is 401 g/mol. The van der Waals surface area contributed by atoms with Crippen molar-refractivity contribution in [2.75, 3.05) is 7.11 Å². The van der Waals surface area contributed by atoms with Gasteiger partial charge in [0.1, 0.15) is 0 Å². The van der Waals surface area contributed by atoms with Gasteiger partial charge in [-0.1, -0.05) is 0 Å². The van der Waals surface area contributed by atoms with Crippen molar-refractivity contribution in [1.29, 1.82) is 5.26 Å². The molecule has 30 heavy (non-hydrogen) atoms. The maximum atomic E-state index is 11.6. The molecule has 0 N–H and O–H groups in total. The minimum absolute atomic E-state index is 0.0235. The molecule has 0 unspecified atom stereocenters. The molecule has 150 valence electrons. The number of hydrogen-bond acceptors (Lipinski definition) is 5. The summed E-state index contributed by atoms with van der Waals surface area (Å²) in [5.74, 6) is -0.395. The van der Waals surface area contributed by atoms with E-state index < -0.39 is 10.9 Å². The summed E-state index contributed by atoms with van der Waals surface area (Å²) in [7, 11) is 1.34. The molecule has 3 rings (SSSR count). The van der Waals surface area contributed by atoms with E-state index in [2.05, 4.69) is 6.07 Å². The summed E-state index contributed by atoms with van der Waals surface area (Å²) in [6.07, 6.45) is 1.77. The molecule has 7 nitrogen and oxygen atoms in total. The molecule has 0 aliphatic carbocycles. The quantitative estimate of drug-likeness (QED) is 0.263. The minimum atomic E-state index is -0.474. The van der Waals surface area contributed by atoms with Crippen molar-refractivity contribution in [2.45, 2.75) is 13.8 Å². The average Bonchev–Trinajstić information content (AvgIpc) is 3.04. The van der Waals surface area contributed by atoms with E-state index in [1.807, 2.05) is 36.6 Å². The first-order chi connectivity index (χ1) is 14.3. The number of ether oxygens (including phenoxy) is 1. The first kappa shape index (κ1) is 20.6. The Labute approximate surface area is 173 Å². The maximum absolute atomic E-state index is 11.6. The number of aryl methyl sites for hydroxylation is 1. The molecule has 0 fully saturated rings. The Balaban J connectivity index is 1.99. The molecule has 0 atom stereocenters. The van der Waals surface area contributed by atoms with Gasteiger partial charge in [-0.2, -0.15) is 5.26 Å². The molecule has 3 aromatic rings. The van der Waals surface area contributed by atoms with Gasteiger partial charge in [0.15, 0.2) is 0 Å². The number of non-ortho nitro benzene ring substituents is 1. The molecule has 2 aromatic carbocycles. The van der Waals surface area contributed by atoms with Crippen LogP contribution in [0.5, 0.6) is 0 Å². The molecule has 0 saturated heterocycles. The highest BCUT2D eigenvalue weighted by Crippen LogP contribution is 2.26. The number of carbonyl (C=O) groups excluding carboxylic acids is 1. The summed E-state index contributed by atoms with van der Waals surface area (Å²) in [5, 5.41) is 20.4. The molecule has 1 aromatic heterocycles. The number of nitro groups is 1. The fourth-order valence-corrected chi connectivity index (χ4v) is 3.29. The second kappa shape index (κ2) is 8.45. The Morgan fingerprint density at radius 1 is 1.10 bits per heavy atom. The topological polar surface area (TPSA) is 98.2 Å². The number of esters is 1. The van der Waals surface area contributed by atoms with Gasteiger partial charge in [0, 0.05) is 29.2 Å². The maximum Gasteiger partial charge on any atom is 0.337 e. The Bertz CT molecular complexity index is 1180. The minimum Gasteiger partial charge on any atom is -0.465 e. The molecule has 0 radical (unpaired) electrons. The van der Waals surface area contributed by atoms with Crippen LogP contribution in [-0.2, 0) is 4.74 Å². The number of nitrogens with zero attached hydrogens (tertiary/aromatic N) is 3. The van der Waals surface area contributed by atoms with Gasteiger partial charge in [-0.15, -0.1) is 0 Å². The highest BCUT2D eigenvalue weighted by atomic mass is 16.6. The Hall–Kier alpha value is -4.18. The number of benzene rings is 2. The zero-order chi connectivity index (χ0) is 21.8. The lowest BCUT2D eigenvalue weighted by atomic mass is 10.0. The summed E-state index contributed by atoms with van der Waals surface area (Å²) in [6.45, 7) is 3.90. The number of allylic oxidation sites excluding steroid dienone is 1. The number of hydrogen-bond donors (Lipinski definition) is 0. The van der Waals surface area contributed by atoms with Gasteiger partial charge in [0.25, 0.3) is 5.69 Å². The third-order valence-electron chi connectivity index (χ3n) is 4.83. The lowest BCUT2D eigenvalue weighted by Gasteiger charge is -2.10. The summed E-state index contributed by atoms with van der Waals surface area (Å²) in [5.41, 5.74) is 5.09. The molecule has 0 bridgehead atoms. The third-order valence-corrected chi connectivity index (χ3v) is 4.83. The van der Waals surface area contributed by atoms with Crippen molar-refractivity contribution < 1.29 is 14.5 Å². The van der Waals surface area contributed by atoms with Gasteiger partial charge < -0.3 is 9.30 Å². The molecule has 0 spiro atoms. The fourth-order valence-electron chi connectivity index (χ4n) is 3.29. The smallest absolute Gasteiger partial charge is 0.337 e. The van der Waals surface area contributed by atoms with E-state index in [0.717, 1.165) is 22.6 Å². The van der Waals surface area contributed by atoms with E-state index in [1.165, 1.54) is 19.2 Å². The van der Waals surface area contributed by atoms with Crippen LogP contribution in [0.2, 0.25) is 0 Å². The van der Waals surface area contributed by atoms with Crippen LogP contribution < -0.4 is 0 Å². The van der Waals surface area contributed by atoms with Gasteiger partial charge in [-0.3, -0.25) is 10.1 Å². The van der Waals surface area contributed by atoms with Gasteiger partial charge in [0.05, 0.1) is 29.2 Å².